The van der Waals surface area contributed by atoms with Gasteiger partial charge in [0.05, 0.1) is 12.2 Å². The van der Waals surface area contributed by atoms with Crippen LogP contribution in [0.1, 0.15) is 86.6 Å². The largest absolute Gasteiger partial charge is 0.493 e. The van der Waals surface area contributed by atoms with E-state index in [1.807, 2.05) is 36.4 Å². The lowest BCUT2D eigenvalue weighted by Gasteiger charge is -2.32. The van der Waals surface area contributed by atoms with Crippen molar-refractivity contribution in [3.05, 3.63) is 65.7 Å². The first kappa shape index (κ1) is 33.0. The lowest BCUT2D eigenvalue weighted by Crippen LogP contribution is -2.52. The normalized spacial score (nSPS) is 22.1. The van der Waals surface area contributed by atoms with Crippen molar-refractivity contribution in [2.24, 2.45) is 0 Å². The Bertz CT molecular complexity index is 1250. The Hall–Kier alpha value is -3.88. The van der Waals surface area contributed by atoms with E-state index in [9.17, 15) is 19.2 Å². The van der Waals surface area contributed by atoms with Crippen LogP contribution in [0.3, 0.4) is 0 Å². The summed E-state index contributed by atoms with van der Waals surface area (Å²) in [6.07, 6.45) is 9.09. The molecule has 2 aromatic rings. The Labute approximate surface area is 261 Å². The summed E-state index contributed by atoms with van der Waals surface area (Å²) < 4.78 is 5.99. The van der Waals surface area contributed by atoms with Gasteiger partial charge in [-0.3, -0.25) is 19.2 Å². The highest BCUT2D eigenvalue weighted by Crippen LogP contribution is 2.21. The summed E-state index contributed by atoms with van der Waals surface area (Å²) in [5.74, 6) is -0.594. The molecule has 0 bridgehead atoms. The van der Waals surface area contributed by atoms with E-state index in [4.69, 9.17) is 4.74 Å². The minimum absolute atomic E-state index is 0.0000356. The van der Waals surface area contributed by atoms with Crippen molar-refractivity contribution < 1.29 is 23.9 Å². The summed E-state index contributed by atoms with van der Waals surface area (Å²) in [5, 5.41) is 6.02. The molecule has 0 spiro atoms. The zero-order valence-electron chi connectivity index (χ0n) is 26.3. The number of para-hydroxylation sites is 1. The predicted octanol–water partition coefficient (Wildman–Crippen LogP) is 4.50. The van der Waals surface area contributed by atoms with Crippen LogP contribution < -0.4 is 15.4 Å². The first-order valence-electron chi connectivity index (χ1n) is 16.2. The van der Waals surface area contributed by atoms with Crippen molar-refractivity contribution in [3.63, 3.8) is 0 Å². The van der Waals surface area contributed by atoms with Crippen LogP contribution in [0.5, 0.6) is 5.75 Å². The molecule has 2 aromatic carbocycles. The van der Waals surface area contributed by atoms with Gasteiger partial charge in [0.2, 0.25) is 17.7 Å². The van der Waals surface area contributed by atoms with Gasteiger partial charge in [-0.1, -0.05) is 74.6 Å². The summed E-state index contributed by atoms with van der Waals surface area (Å²) in [5.41, 5.74) is 1.33. The van der Waals surface area contributed by atoms with E-state index >= 15 is 0 Å². The van der Waals surface area contributed by atoms with E-state index in [0.29, 0.717) is 30.9 Å². The number of carbonyl (C=O) groups is 4. The van der Waals surface area contributed by atoms with E-state index in [-0.39, 0.29) is 36.6 Å². The van der Waals surface area contributed by atoms with Crippen molar-refractivity contribution in [1.29, 1.82) is 0 Å². The number of hydrogen-bond acceptors (Lipinski definition) is 5. The van der Waals surface area contributed by atoms with Gasteiger partial charge in [-0.05, 0) is 49.8 Å². The molecule has 1 fully saturated rings. The van der Waals surface area contributed by atoms with E-state index < -0.39 is 18.0 Å². The first-order chi connectivity index (χ1) is 21.3. The zero-order chi connectivity index (χ0) is 31.3. The second kappa shape index (κ2) is 16.8. The van der Waals surface area contributed by atoms with Gasteiger partial charge in [-0.15, -0.1) is 0 Å². The molecule has 2 aliphatic rings. The molecule has 1 aliphatic carbocycles. The number of nitrogens with one attached hydrogen (secondary N) is 2. The Balaban J connectivity index is 1.57. The summed E-state index contributed by atoms with van der Waals surface area (Å²) in [7, 11) is 3.45. The molecular weight excluding hydrogens is 556 g/mol. The SMILES string of the molecule is CN1CCCCCCOc2ccccc2C(=O)N[C@H](C(=O)NC2CCCCC2)CCC(=O)N(C)[C@@H](Cc2ccccc2)C1=O. The monoisotopic (exact) mass is 604 g/mol. The maximum absolute atomic E-state index is 13.7. The highest BCUT2D eigenvalue weighted by atomic mass is 16.5. The second-order valence-electron chi connectivity index (χ2n) is 12.1. The van der Waals surface area contributed by atoms with Crippen LogP contribution in [-0.4, -0.2) is 78.8 Å². The molecule has 0 saturated heterocycles. The average molecular weight is 605 g/mol. The predicted molar refractivity (Wildman–Crippen MR) is 170 cm³/mol. The van der Waals surface area contributed by atoms with Gasteiger partial charge in [-0.25, -0.2) is 0 Å². The summed E-state index contributed by atoms with van der Waals surface area (Å²) in [4.78, 5) is 57.6. The molecule has 9 heteroatoms. The van der Waals surface area contributed by atoms with E-state index in [1.165, 1.54) is 4.90 Å². The third kappa shape index (κ3) is 9.56. The molecule has 2 N–H and O–H groups in total. The number of likely N-dealkylation sites (N-methyl/N-ethyl adjacent to an activating group) is 2. The molecular formula is C35H48N4O5. The molecule has 1 aliphatic heterocycles. The third-order valence-electron chi connectivity index (χ3n) is 8.79. The Morgan fingerprint density at radius 3 is 2.32 bits per heavy atom. The van der Waals surface area contributed by atoms with Crippen LogP contribution in [0.2, 0.25) is 0 Å². The molecule has 44 heavy (non-hydrogen) atoms. The smallest absolute Gasteiger partial charge is 0.255 e. The van der Waals surface area contributed by atoms with Crippen LogP contribution in [0.25, 0.3) is 0 Å². The van der Waals surface area contributed by atoms with E-state index in [2.05, 4.69) is 10.6 Å². The van der Waals surface area contributed by atoms with Crippen molar-refractivity contribution in [1.82, 2.24) is 20.4 Å². The number of fused-ring (bicyclic) bond motifs is 1. The molecule has 1 saturated carbocycles. The van der Waals surface area contributed by atoms with Crippen molar-refractivity contribution in [2.75, 3.05) is 27.2 Å². The maximum atomic E-state index is 13.7. The zero-order valence-corrected chi connectivity index (χ0v) is 26.3. The summed E-state index contributed by atoms with van der Waals surface area (Å²) in [6.45, 7) is 1.06. The van der Waals surface area contributed by atoms with Gasteiger partial charge < -0.3 is 25.2 Å². The number of nitrogens with zero attached hydrogens (tertiary/aromatic N) is 2. The second-order valence-corrected chi connectivity index (χ2v) is 12.1. The lowest BCUT2D eigenvalue weighted by atomic mass is 9.95. The fraction of sp³-hybridized carbons (Fsp3) is 0.543. The summed E-state index contributed by atoms with van der Waals surface area (Å²) >= 11 is 0. The first-order valence-corrected chi connectivity index (χ1v) is 16.2. The molecule has 0 aromatic heterocycles. The minimum atomic E-state index is -0.914. The fourth-order valence-electron chi connectivity index (χ4n) is 6.03. The van der Waals surface area contributed by atoms with Crippen LogP contribution >= 0.6 is 0 Å². The standard InChI is InChI=1S/C35H48N4O5/c1-38-23-13-3-4-14-24-44-31-20-12-11-19-28(31)33(41)37-29(34(42)36-27-17-9-6-10-18-27)21-22-32(40)39(2)30(35(38)43)25-26-15-7-5-8-16-26/h5,7-8,11-12,15-16,19-20,27,29-30H,3-4,6,9-10,13-14,17-18,21-25H2,1-2H3,(H,36,42)(H,37,41)/t29-,30-/m0/s1. The lowest BCUT2D eigenvalue weighted by molar-refractivity contribution is -0.144. The molecule has 2 atom stereocenters. The van der Waals surface area contributed by atoms with Crippen molar-refractivity contribution in [2.45, 2.75) is 95.2 Å². The van der Waals surface area contributed by atoms with Gasteiger partial charge in [0.15, 0.2) is 0 Å². The fourth-order valence-corrected chi connectivity index (χ4v) is 6.03. The van der Waals surface area contributed by atoms with Crippen LogP contribution in [-0.2, 0) is 20.8 Å². The Morgan fingerprint density at radius 1 is 0.864 bits per heavy atom. The van der Waals surface area contributed by atoms with Gasteiger partial charge in [-0.2, -0.15) is 0 Å². The number of carbonyl (C=O) groups excluding carboxylic acids is 4. The van der Waals surface area contributed by atoms with Crippen molar-refractivity contribution >= 4 is 23.6 Å². The minimum Gasteiger partial charge on any atom is -0.493 e. The molecule has 4 rings (SSSR count). The maximum Gasteiger partial charge on any atom is 0.255 e. The van der Waals surface area contributed by atoms with Crippen LogP contribution in [0, 0.1) is 0 Å². The van der Waals surface area contributed by atoms with Gasteiger partial charge in [0, 0.05) is 39.5 Å². The third-order valence-corrected chi connectivity index (χ3v) is 8.79. The topological polar surface area (TPSA) is 108 Å². The highest BCUT2D eigenvalue weighted by molar-refractivity contribution is 6.00. The van der Waals surface area contributed by atoms with Crippen molar-refractivity contribution in [3.8, 4) is 5.75 Å². The highest BCUT2D eigenvalue weighted by Gasteiger charge is 2.31. The Morgan fingerprint density at radius 2 is 1.55 bits per heavy atom. The molecule has 9 nitrogen and oxygen atoms in total. The van der Waals surface area contributed by atoms with Gasteiger partial charge >= 0.3 is 0 Å². The van der Waals surface area contributed by atoms with E-state index in [1.54, 1.807) is 37.2 Å². The average Bonchev–Trinajstić information content (AvgIpc) is 3.04. The number of rotatable bonds is 4. The quantitative estimate of drug-likeness (QED) is 0.535. The van der Waals surface area contributed by atoms with Gasteiger partial charge in [0.25, 0.3) is 5.91 Å². The number of hydrogen-bond donors (Lipinski definition) is 2. The van der Waals surface area contributed by atoms with Gasteiger partial charge in [0.1, 0.15) is 17.8 Å². The molecule has 1 heterocycles. The number of benzene rings is 2. The Kier molecular flexibility index (Phi) is 12.6. The molecule has 0 unspecified atom stereocenters. The number of ether oxygens (including phenoxy) is 1. The number of amides is 4. The molecule has 4 amide bonds. The molecule has 238 valence electrons. The van der Waals surface area contributed by atoms with Crippen LogP contribution in [0.15, 0.2) is 54.6 Å². The van der Waals surface area contributed by atoms with Crippen LogP contribution in [0.4, 0.5) is 0 Å². The summed E-state index contributed by atoms with van der Waals surface area (Å²) in [6, 6.07) is 15.2. The van der Waals surface area contributed by atoms with E-state index in [0.717, 1.165) is 63.4 Å². The molecule has 0 radical (unpaired) electrons.